The van der Waals surface area contributed by atoms with Crippen molar-refractivity contribution in [3.05, 3.63) is 33.9 Å². The van der Waals surface area contributed by atoms with Crippen LogP contribution in [0.2, 0.25) is 0 Å². The smallest absolute Gasteiger partial charge is 0.282 e. The number of anilines is 3. The van der Waals surface area contributed by atoms with E-state index in [1.165, 1.54) is 11.3 Å². The van der Waals surface area contributed by atoms with Crippen LogP contribution >= 0.6 is 22.7 Å². The monoisotopic (exact) mass is 478 g/mol. The molecule has 1 saturated carbocycles. The lowest BCUT2D eigenvalue weighted by Crippen LogP contribution is -2.56. The number of halogens is 2. The second kappa shape index (κ2) is 8.81. The standard InChI is InChI=1S/C20H24F2N8S2/c21-20(22)10-30(11-20)15-6-2-5-14(25-15)7-8-24-19-29-27-17(32-19)13-4-1-3-12(9-13)16-26-28-18(23)31-16/h2,5-6,12-13H,1,3-4,7-11H2,(H2,23,28)(H,24,29). The summed E-state index contributed by atoms with van der Waals surface area (Å²) in [5.41, 5.74) is 6.61. The van der Waals surface area contributed by atoms with Crippen molar-refractivity contribution in [3.63, 3.8) is 0 Å². The Hall–Kier alpha value is -2.47. The van der Waals surface area contributed by atoms with Gasteiger partial charge < -0.3 is 16.0 Å². The topological polar surface area (TPSA) is 106 Å². The molecule has 0 amide bonds. The summed E-state index contributed by atoms with van der Waals surface area (Å²) in [6.45, 7) is 0.131. The molecule has 0 aromatic carbocycles. The highest BCUT2D eigenvalue weighted by molar-refractivity contribution is 7.15. The van der Waals surface area contributed by atoms with Gasteiger partial charge in [0.25, 0.3) is 5.92 Å². The fourth-order valence-corrected chi connectivity index (χ4v) is 5.95. The van der Waals surface area contributed by atoms with E-state index < -0.39 is 5.92 Å². The molecule has 3 N–H and O–H groups in total. The minimum absolute atomic E-state index is 0.260. The van der Waals surface area contributed by atoms with Gasteiger partial charge in [-0.3, -0.25) is 0 Å². The van der Waals surface area contributed by atoms with Crippen molar-refractivity contribution in [3.8, 4) is 0 Å². The van der Waals surface area contributed by atoms with Gasteiger partial charge in [-0.25, -0.2) is 13.8 Å². The average Bonchev–Trinajstić information content (AvgIpc) is 3.42. The molecule has 8 nitrogen and oxygen atoms in total. The Morgan fingerprint density at radius 2 is 1.81 bits per heavy atom. The summed E-state index contributed by atoms with van der Waals surface area (Å²) in [5.74, 6) is -1.23. The van der Waals surface area contributed by atoms with Crippen molar-refractivity contribution in [2.45, 2.75) is 49.9 Å². The Kier molecular flexibility index (Phi) is 5.89. The van der Waals surface area contributed by atoms with Crippen LogP contribution in [0, 0.1) is 0 Å². The van der Waals surface area contributed by atoms with Gasteiger partial charge in [-0.05, 0) is 31.4 Å². The number of nitrogens with one attached hydrogen (secondary N) is 1. The van der Waals surface area contributed by atoms with Crippen LogP contribution in [0.15, 0.2) is 18.2 Å². The fraction of sp³-hybridized carbons (Fsp3) is 0.550. The van der Waals surface area contributed by atoms with E-state index in [0.29, 0.717) is 35.8 Å². The molecule has 2 aliphatic rings. The van der Waals surface area contributed by atoms with E-state index >= 15 is 0 Å². The van der Waals surface area contributed by atoms with Gasteiger partial charge in [0.1, 0.15) is 15.8 Å². The molecule has 3 aromatic heterocycles. The van der Waals surface area contributed by atoms with Crippen molar-refractivity contribution in [1.82, 2.24) is 25.4 Å². The number of nitrogens with two attached hydrogens (primary N) is 1. The van der Waals surface area contributed by atoms with Gasteiger partial charge in [0.2, 0.25) is 10.3 Å². The summed E-state index contributed by atoms with van der Waals surface area (Å²) >= 11 is 3.07. The van der Waals surface area contributed by atoms with Gasteiger partial charge in [0.15, 0.2) is 0 Å². The number of hydrogen-bond donors (Lipinski definition) is 2. The predicted octanol–water partition coefficient (Wildman–Crippen LogP) is 3.92. The largest absolute Gasteiger partial charge is 0.374 e. The molecule has 0 radical (unpaired) electrons. The van der Waals surface area contributed by atoms with Gasteiger partial charge in [-0.2, -0.15) is 0 Å². The lowest BCUT2D eigenvalue weighted by Gasteiger charge is -2.39. The minimum Gasteiger partial charge on any atom is -0.374 e. The van der Waals surface area contributed by atoms with Crippen molar-refractivity contribution in [2.75, 3.05) is 35.6 Å². The molecule has 2 unspecified atom stereocenters. The van der Waals surface area contributed by atoms with Crippen LogP contribution in [-0.4, -0.2) is 50.9 Å². The molecule has 1 aliphatic heterocycles. The normalized spacial score (nSPS) is 22.5. The van der Waals surface area contributed by atoms with Crippen LogP contribution in [0.3, 0.4) is 0 Å². The average molecular weight is 479 g/mol. The maximum Gasteiger partial charge on any atom is 0.282 e. The van der Waals surface area contributed by atoms with Crippen molar-refractivity contribution in [1.29, 1.82) is 0 Å². The molecule has 170 valence electrons. The maximum atomic E-state index is 13.1. The van der Waals surface area contributed by atoms with Crippen LogP contribution in [0.1, 0.15) is 53.2 Å². The zero-order chi connectivity index (χ0) is 22.1. The summed E-state index contributed by atoms with van der Waals surface area (Å²) in [6.07, 6.45) is 5.01. The summed E-state index contributed by atoms with van der Waals surface area (Å²) in [6, 6.07) is 5.55. The first-order chi connectivity index (χ1) is 15.4. The van der Waals surface area contributed by atoms with Crippen LogP contribution in [0.25, 0.3) is 0 Å². The SMILES string of the molecule is Nc1nnc(C2CCCC(c3nnc(NCCc4cccc(N5CC(F)(F)C5)n4)s3)C2)s1. The number of rotatable bonds is 7. The van der Waals surface area contributed by atoms with Crippen LogP contribution < -0.4 is 16.0 Å². The first-order valence-electron chi connectivity index (χ1n) is 10.7. The molecule has 3 aromatic rings. The Morgan fingerprint density at radius 1 is 1.06 bits per heavy atom. The van der Waals surface area contributed by atoms with E-state index in [-0.39, 0.29) is 13.1 Å². The van der Waals surface area contributed by atoms with E-state index in [0.717, 1.165) is 46.5 Å². The predicted molar refractivity (Wildman–Crippen MR) is 122 cm³/mol. The van der Waals surface area contributed by atoms with Crippen LogP contribution in [0.4, 0.5) is 24.9 Å². The molecule has 0 bridgehead atoms. The third kappa shape index (κ3) is 4.80. The fourth-order valence-electron chi connectivity index (χ4n) is 4.27. The van der Waals surface area contributed by atoms with Crippen molar-refractivity contribution >= 4 is 38.8 Å². The first-order valence-corrected chi connectivity index (χ1v) is 12.3. The van der Waals surface area contributed by atoms with Crippen molar-refractivity contribution in [2.24, 2.45) is 0 Å². The minimum atomic E-state index is -2.60. The van der Waals surface area contributed by atoms with Crippen LogP contribution in [0.5, 0.6) is 0 Å². The third-order valence-electron chi connectivity index (χ3n) is 5.89. The van der Waals surface area contributed by atoms with Gasteiger partial charge >= 0.3 is 0 Å². The summed E-state index contributed by atoms with van der Waals surface area (Å²) in [5, 5.41) is 23.6. The van der Waals surface area contributed by atoms with E-state index in [9.17, 15) is 8.78 Å². The Morgan fingerprint density at radius 3 is 2.53 bits per heavy atom. The van der Waals surface area contributed by atoms with Gasteiger partial charge in [-0.15, -0.1) is 20.4 Å². The summed E-state index contributed by atoms with van der Waals surface area (Å²) in [4.78, 5) is 6.11. The molecular weight excluding hydrogens is 454 g/mol. The highest BCUT2D eigenvalue weighted by Crippen LogP contribution is 2.43. The van der Waals surface area contributed by atoms with E-state index in [4.69, 9.17) is 5.73 Å². The molecule has 12 heteroatoms. The zero-order valence-corrected chi connectivity index (χ0v) is 19.0. The number of aromatic nitrogens is 5. The molecule has 1 saturated heterocycles. The highest BCUT2D eigenvalue weighted by Gasteiger charge is 2.44. The maximum absolute atomic E-state index is 13.1. The zero-order valence-electron chi connectivity index (χ0n) is 17.4. The summed E-state index contributed by atoms with van der Waals surface area (Å²) < 4.78 is 26.2. The molecule has 0 spiro atoms. The Labute approximate surface area is 192 Å². The number of nitrogens with zero attached hydrogens (tertiary/aromatic N) is 6. The number of pyridine rings is 1. The second-order valence-electron chi connectivity index (χ2n) is 8.36. The van der Waals surface area contributed by atoms with Crippen molar-refractivity contribution < 1.29 is 8.78 Å². The van der Waals surface area contributed by atoms with E-state index in [1.54, 1.807) is 22.3 Å². The third-order valence-corrected chi connectivity index (χ3v) is 7.85. The quantitative estimate of drug-likeness (QED) is 0.526. The highest BCUT2D eigenvalue weighted by atomic mass is 32.1. The number of alkyl halides is 2. The van der Waals surface area contributed by atoms with E-state index in [1.807, 2.05) is 12.1 Å². The molecular formula is C20H24F2N8S2. The molecule has 4 heterocycles. The van der Waals surface area contributed by atoms with E-state index in [2.05, 4.69) is 30.7 Å². The molecule has 2 fully saturated rings. The lowest BCUT2D eigenvalue weighted by molar-refractivity contribution is -0.0267. The molecule has 32 heavy (non-hydrogen) atoms. The first kappa shape index (κ1) is 21.4. The molecule has 5 rings (SSSR count). The van der Waals surface area contributed by atoms with Crippen LogP contribution in [-0.2, 0) is 6.42 Å². The molecule has 2 atom stereocenters. The molecule has 1 aliphatic carbocycles. The van der Waals surface area contributed by atoms with Gasteiger partial charge in [0, 0.05) is 30.5 Å². The second-order valence-corrected chi connectivity index (χ2v) is 10.4. The number of nitrogen functional groups attached to an aromatic ring is 1. The van der Waals surface area contributed by atoms with Gasteiger partial charge in [-0.1, -0.05) is 35.2 Å². The number of hydrogen-bond acceptors (Lipinski definition) is 10. The lowest BCUT2D eigenvalue weighted by atomic mass is 9.82. The Balaban J connectivity index is 1.13. The Bertz CT molecular complexity index is 1060. The summed E-state index contributed by atoms with van der Waals surface area (Å²) in [7, 11) is 0. The van der Waals surface area contributed by atoms with Gasteiger partial charge in [0.05, 0.1) is 13.1 Å².